The third kappa shape index (κ3) is 3.53. The first-order chi connectivity index (χ1) is 7.15. The molecule has 0 saturated carbocycles. The maximum Gasteiger partial charge on any atom is 0.125 e. The van der Waals surface area contributed by atoms with E-state index in [2.05, 4.69) is 0 Å². The Kier molecular flexibility index (Phi) is 4.59. The Bertz CT molecular complexity index is 308. The number of hydrogen-bond donors (Lipinski definition) is 2. The van der Waals surface area contributed by atoms with Crippen LogP contribution in [-0.4, -0.2) is 23.4 Å². The summed E-state index contributed by atoms with van der Waals surface area (Å²) in [6.07, 6.45) is 0.0717. The number of rotatable bonds is 5. The number of ether oxygens (including phenoxy) is 1. The second-order valence-electron chi connectivity index (χ2n) is 3.64. The van der Waals surface area contributed by atoms with Crippen LogP contribution in [0.15, 0.2) is 18.2 Å². The predicted molar refractivity (Wildman–Crippen MR) is 59.0 cm³/mol. The summed E-state index contributed by atoms with van der Waals surface area (Å²) in [6, 6.07) is 5.72. The molecule has 2 N–H and O–H groups in total. The first-order valence-electron chi connectivity index (χ1n) is 5.17. The number of benzene rings is 1. The van der Waals surface area contributed by atoms with E-state index in [1.807, 2.05) is 25.1 Å². The van der Waals surface area contributed by atoms with Crippen LogP contribution >= 0.6 is 0 Å². The minimum atomic E-state index is -0.533. The van der Waals surface area contributed by atoms with Crippen LogP contribution in [-0.2, 0) is 0 Å². The molecule has 0 aliphatic heterocycles. The molecule has 3 nitrogen and oxygen atoms in total. The Labute approximate surface area is 90.3 Å². The zero-order valence-corrected chi connectivity index (χ0v) is 9.23. The van der Waals surface area contributed by atoms with Gasteiger partial charge >= 0.3 is 0 Å². The Morgan fingerprint density at radius 1 is 1.40 bits per heavy atom. The van der Waals surface area contributed by atoms with Crippen molar-refractivity contribution in [2.45, 2.75) is 26.4 Å². The van der Waals surface area contributed by atoms with Gasteiger partial charge in [0.25, 0.3) is 0 Å². The van der Waals surface area contributed by atoms with Crippen LogP contribution in [0.1, 0.15) is 30.6 Å². The van der Waals surface area contributed by atoms with Gasteiger partial charge in [-0.05, 0) is 25.5 Å². The Hall–Kier alpha value is -1.06. The molecular formula is C12H18O3. The molecule has 0 amide bonds. The molecule has 0 saturated heterocycles. The molecule has 1 aromatic carbocycles. The highest BCUT2D eigenvalue weighted by atomic mass is 16.5. The molecule has 0 radical (unpaired) electrons. The molecule has 1 atom stereocenters. The molecule has 0 bridgehead atoms. The lowest BCUT2D eigenvalue weighted by Crippen LogP contribution is -2.04. The van der Waals surface area contributed by atoms with Crippen LogP contribution in [0.25, 0.3) is 0 Å². The molecule has 3 heteroatoms. The van der Waals surface area contributed by atoms with Gasteiger partial charge in [0.1, 0.15) is 5.75 Å². The SMILES string of the molecule is Cc1ccc([C@H](C)O)c(OCCCO)c1. The van der Waals surface area contributed by atoms with Crippen molar-refractivity contribution in [3.63, 3.8) is 0 Å². The summed E-state index contributed by atoms with van der Waals surface area (Å²) in [5.41, 5.74) is 1.89. The lowest BCUT2D eigenvalue weighted by Gasteiger charge is -2.13. The summed E-state index contributed by atoms with van der Waals surface area (Å²) in [6.45, 7) is 4.28. The van der Waals surface area contributed by atoms with Gasteiger partial charge in [0.2, 0.25) is 0 Å². The van der Waals surface area contributed by atoms with E-state index >= 15 is 0 Å². The maximum absolute atomic E-state index is 9.52. The molecule has 84 valence electrons. The van der Waals surface area contributed by atoms with E-state index in [1.54, 1.807) is 6.92 Å². The topological polar surface area (TPSA) is 49.7 Å². The molecular weight excluding hydrogens is 192 g/mol. The third-order valence-electron chi connectivity index (χ3n) is 2.18. The Morgan fingerprint density at radius 2 is 2.13 bits per heavy atom. The van der Waals surface area contributed by atoms with Gasteiger partial charge in [-0.1, -0.05) is 12.1 Å². The van der Waals surface area contributed by atoms with Crippen LogP contribution in [0.5, 0.6) is 5.75 Å². The zero-order chi connectivity index (χ0) is 11.3. The van der Waals surface area contributed by atoms with E-state index in [0.29, 0.717) is 18.8 Å². The average molecular weight is 210 g/mol. The van der Waals surface area contributed by atoms with Crippen LogP contribution in [0.4, 0.5) is 0 Å². The molecule has 0 fully saturated rings. The van der Waals surface area contributed by atoms with Crippen molar-refractivity contribution in [3.05, 3.63) is 29.3 Å². The number of aryl methyl sites for hydroxylation is 1. The number of aliphatic hydroxyl groups is 2. The van der Waals surface area contributed by atoms with E-state index in [4.69, 9.17) is 9.84 Å². The van der Waals surface area contributed by atoms with Gasteiger partial charge in [0, 0.05) is 18.6 Å². The van der Waals surface area contributed by atoms with Gasteiger partial charge in [0.05, 0.1) is 12.7 Å². The second kappa shape index (κ2) is 5.73. The van der Waals surface area contributed by atoms with Crippen molar-refractivity contribution in [3.8, 4) is 5.75 Å². The molecule has 0 aromatic heterocycles. The first kappa shape index (κ1) is 12.0. The minimum absolute atomic E-state index is 0.121. The lowest BCUT2D eigenvalue weighted by atomic mass is 10.1. The maximum atomic E-state index is 9.52. The normalized spacial score (nSPS) is 12.5. The van der Waals surface area contributed by atoms with Gasteiger partial charge < -0.3 is 14.9 Å². The zero-order valence-electron chi connectivity index (χ0n) is 9.23. The summed E-state index contributed by atoms with van der Waals surface area (Å²) in [5.74, 6) is 0.707. The van der Waals surface area contributed by atoms with Gasteiger partial charge in [-0.3, -0.25) is 0 Å². The van der Waals surface area contributed by atoms with Gasteiger partial charge in [-0.25, -0.2) is 0 Å². The van der Waals surface area contributed by atoms with Crippen LogP contribution in [0, 0.1) is 6.92 Å². The van der Waals surface area contributed by atoms with Gasteiger partial charge in [0.15, 0.2) is 0 Å². The quantitative estimate of drug-likeness (QED) is 0.729. The summed E-state index contributed by atoms with van der Waals surface area (Å²) >= 11 is 0. The average Bonchev–Trinajstić information content (AvgIpc) is 2.18. The molecule has 0 aliphatic rings. The number of hydrogen-bond acceptors (Lipinski definition) is 3. The van der Waals surface area contributed by atoms with E-state index in [1.165, 1.54) is 0 Å². The Morgan fingerprint density at radius 3 is 2.73 bits per heavy atom. The fourth-order valence-corrected chi connectivity index (χ4v) is 1.36. The summed E-state index contributed by atoms with van der Waals surface area (Å²) < 4.78 is 5.50. The van der Waals surface area contributed by atoms with Crippen molar-refractivity contribution in [1.82, 2.24) is 0 Å². The molecule has 0 heterocycles. The standard InChI is InChI=1S/C12H18O3/c1-9-4-5-11(10(2)14)12(8-9)15-7-3-6-13/h4-5,8,10,13-14H,3,6-7H2,1-2H3/t10-/m0/s1. The monoisotopic (exact) mass is 210 g/mol. The van der Waals surface area contributed by atoms with Crippen LogP contribution in [0.2, 0.25) is 0 Å². The Balaban J connectivity index is 2.77. The predicted octanol–water partition coefficient (Wildman–Crippen LogP) is 1.81. The number of aliphatic hydroxyl groups excluding tert-OH is 2. The highest BCUT2D eigenvalue weighted by molar-refractivity contribution is 5.38. The largest absolute Gasteiger partial charge is 0.493 e. The van der Waals surface area contributed by atoms with E-state index in [0.717, 1.165) is 11.1 Å². The van der Waals surface area contributed by atoms with Crippen molar-refractivity contribution in [1.29, 1.82) is 0 Å². The highest BCUT2D eigenvalue weighted by Gasteiger charge is 2.08. The smallest absolute Gasteiger partial charge is 0.125 e. The fourth-order valence-electron chi connectivity index (χ4n) is 1.36. The molecule has 0 unspecified atom stereocenters. The lowest BCUT2D eigenvalue weighted by molar-refractivity contribution is 0.187. The van der Waals surface area contributed by atoms with Crippen LogP contribution < -0.4 is 4.74 Å². The van der Waals surface area contributed by atoms with Crippen molar-refractivity contribution < 1.29 is 14.9 Å². The van der Waals surface area contributed by atoms with Crippen molar-refractivity contribution in [2.24, 2.45) is 0 Å². The molecule has 1 aromatic rings. The van der Waals surface area contributed by atoms with Crippen molar-refractivity contribution in [2.75, 3.05) is 13.2 Å². The molecule has 0 aliphatic carbocycles. The second-order valence-corrected chi connectivity index (χ2v) is 3.64. The van der Waals surface area contributed by atoms with E-state index < -0.39 is 6.10 Å². The summed E-state index contributed by atoms with van der Waals surface area (Å²) in [7, 11) is 0. The van der Waals surface area contributed by atoms with E-state index in [9.17, 15) is 5.11 Å². The minimum Gasteiger partial charge on any atom is -0.493 e. The summed E-state index contributed by atoms with van der Waals surface area (Å²) in [4.78, 5) is 0. The van der Waals surface area contributed by atoms with Crippen molar-refractivity contribution >= 4 is 0 Å². The first-order valence-corrected chi connectivity index (χ1v) is 5.17. The molecule has 0 spiro atoms. The third-order valence-corrected chi connectivity index (χ3v) is 2.18. The van der Waals surface area contributed by atoms with Crippen LogP contribution in [0.3, 0.4) is 0 Å². The van der Waals surface area contributed by atoms with Gasteiger partial charge in [-0.2, -0.15) is 0 Å². The molecule has 15 heavy (non-hydrogen) atoms. The molecule has 1 rings (SSSR count). The fraction of sp³-hybridized carbons (Fsp3) is 0.500. The van der Waals surface area contributed by atoms with Gasteiger partial charge in [-0.15, -0.1) is 0 Å². The van der Waals surface area contributed by atoms with E-state index in [-0.39, 0.29) is 6.61 Å². The highest BCUT2D eigenvalue weighted by Crippen LogP contribution is 2.26. The summed E-state index contributed by atoms with van der Waals surface area (Å²) in [5, 5.41) is 18.2.